The van der Waals surface area contributed by atoms with E-state index in [1.165, 1.54) is 13.1 Å². The van der Waals surface area contributed by atoms with E-state index in [1.54, 1.807) is 18.3 Å². The Morgan fingerprint density at radius 1 is 1.41 bits per heavy atom. The van der Waals surface area contributed by atoms with Crippen LogP contribution in [0.3, 0.4) is 0 Å². The molecular weight excluding hydrogens is 286 g/mol. The fourth-order valence-electron chi connectivity index (χ4n) is 2.04. The van der Waals surface area contributed by atoms with E-state index in [1.807, 2.05) is 6.07 Å². The van der Waals surface area contributed by atoms with Crippen molar-refractivity contribution in [2.24, 2.45) is 0 Å². The Morgan fingerprint density at radius 3 is 2.86 bits per heavy atom. The van der Waals surface area contributed by atoms with E-state index in [0.717, 1.165) is 18.5 Å². The molecule has 0 aliphatic carbocycles. The minimum absolute atomic E-state index is 0.109. The number of nitro benzene ring substituents is 1. The molecule has 8 heteroatoms. The van der Waals surface area contributed by atoms with Gasteiger partial charge in [-0.15, -0.1) is 0 Å². The van der Waals surface area contributed by atoms with E-state index < -0.39 is 4.92 Å². The molecular formula is C14H17N5O3. The van der Waals surface area contributed by atoms with Crippen LogP contribution < -0.4 is 10.6 Å². The van der Waals surface area contributed by atoms with Crippen LogP contribution in [0.25, 0.3) is 0 Å². The third-order valence-electron chi connectivity index (χ3n) is 3.18. The number of nitrogens with zero attached hydrogens (tertiary/aromatic N) is 2. The van der Waals surface area contributed by atoms with E-state index in [0.29, 0.717) is 12.2 Å². The van der Waals surface area contributed by atoms with E-state index in [9.17, 15) is 14.9 Å². The van der Waals surface area contributed by atoms with Crippen LogP contribution in [0.15, 0.2) is 30.5 Å². The van der Waals surface area contributed by atoms with E-state index >= 15 is 0 Å². The number of nitrogens with one attached hydrogen (secondary N) is 3. The first-order valence-electron chi connectivity index (χ1n) is 6.84. The Balaban J connectivity index is 2.00. The van der Waals surface area contributed by atoms with Crippen LogP contribution in [0.4, 0.5) is 11.4 Å². The number of nitro groups is 1. The monoisotopic (exact) mass is 303 g/mol. The summed E-state index contributed by atoms with van der Waals surface area (Å²) in [5.41, 5.74) is 1.58. The average molecular weight is 303 g/mol. The highest BCUT2D eigenvalue weighted by atomic mass is 16.6. The van der Waals surface area contributed by atoms with E-state index in [2.05, 4.69) is 20.8 Å². The van der Waals surface area contributed by atoms with Gasteiger partial charge in [-0.2, -0.15) is 5.10 Å². The average Bonchev–Trinajstić information content (AvgIpc) is 3.04. The van der Waals surface area contributed by atoms with Gasteiger partial charge in [-0.3, -0.25) is 20.0 Å². The van der Waals surface area contributed by atoms with Gasteiger partial charge in [-0.1, -0.05) is 0 Å². The van der Waals surface area contributed by atoms with Crippen LogP contribution in [0.1, 0.15) is 22.5 Å². The van der Waals surface area contributed by atoms with Crippen molar-refractivity contribution < 1.29 is 9.72 Å². The first-order chi connectivity index (χ1) is 10.6. The summed E-state index contributed by atoms with van der Waals surface area (Å²) in [6.45, 7) is 0.583. The molecule has 0 fully saturated rings. The summed E-state index contributed by atoms with van der Waals surface area (Å²) >= 11 is 0. The van der Waals surface area contributed by atoms with Crippen molar-refractivity contribution in [1.82, 2.24) is 15.5 Å². The summed E-state index contributed by atoms with van der Waals surface area (Å²) in [6.07, 6.45) is 3.29. The van der Waals surface area contributed by atoms with E-state index in [-0.39, 0.29) is 17.2 Å². The molecule has 0 saturated carbocycles. The summed E-state index contributed by atoms with van der Waals surface area (Å²) in [7, 11) is 1.48. The zero-order valence-electron chi connectivity index (χ0n) is 12.1. The maximum atomic E-state index is 11.5. The number of hydrogen-bond donors (Lipinski definition) is 3. The second-order valence-corrected chi connectivity index (χ2v) is 4.68. The molecule has 116 valence electrons. The normalized spacial score (nSPS) is 10.2. The molecule has 1 heterocycles. The lowest BCUT2D eigenvalue weighted by Gasteiger charge is -2.08. The number of aromatic nitrogens is 2. The molecule has 0 aliphatic rings. The number of aryl methyl sites for hydroxylation is 1. The SMILES string of the molecule is CNC(=O)c1ccc(NCCCc2ccn[nH]2)c([N+](=O)[O-])c1. The van der Waals surface area contributed by atoms with Gasteiger partial charge in [0.1, 0.15) is 5.69 Å². The molecule has 0 bridgehead atoms. The Labute approximate surface area is 127 Å². The quantitative estimate of drug-likeness (QED) is 0.409. The molecule has 8 nitrogen and oxygen atoms in total. The van der Waals surface area contributed by atoms with E-state index in [4.69, 9.17) is 0 Å². The van der Waals surface area contributed by atoms with Crippen molar-refractivity contribution in [2.75, 3.05) is 18.9 Å². The van der Waals surface area contributed by atoms with Crippen molar-refractivity contribution in [1.29, 1.82) is 0 Å². The number of amides is 1. The number of H-pyrrole nitrogens is 1. The molecule has 0 unspecified atom stereocenters. The largest absolute Gasteiger partial charge is 0.379 e. The van der Waals surface area contributed by atoms with Crippen LogP contribution in [0.2, 0.25) is 0 Å². The van der Waals surface area contributed by atoms with Gasteiger partial charge in [0.05, 0.1) is 4.92 Å². The Hall–Kier alpha value is -2.90. The first kappa shape index (κ1) is 15.5. The predicted molar refractivity (Wildman–Crippen MR) is 81.9 cm³/mol. The summed E-state index contributed by atoms with van der Waals surface area (Å²) < 4.78 is 0. The molecule has 0 atom stereocenters. The lowest BCUT2D eigenvalue weighted by Crippen LogP contribution is -2.18. The van der Waals surface area contributed by atoms with Crippen molar-refractivity contribution >= 4 is 17.3 Å². The second kappa shape index (κ2) is 7.21. The number of carbonyl (C=O) groups is 1. The van der Waals surface area contributed by atoms with Crippen molar-refractivity contribution in [3.8, 4) is 0 Å². The number of carbonyl (C=O) groups excluding carboxylic acids is 1. The second-order valence-electron chi connectivity index (χ2n) is 4.68. The van der Waals surface area contributed by atoms with Gasteiger partial charge in [-0.25, -0.2) is 0 Å². The van der Waals surface area contributed by atoms with Crippen LogP contribution in [0.5, 0.6) is 0 Å². The predicted octanol–water partition coefficient (Wildman–Crippen LogP) is 1.72. The minimum atomic E-state index is -0.496. The van der Waals surface area contributed by atoms with Crippen LogP contribution in [-0.2, 0) is 6.42 Å². The third kappa shape index (κ3) is 3.81. The van der Waals surface area contributed by atoms with Gasteiger partial charge >= 0.3 is 0 Å². The smallest absolute Gasteiger partial charge is 0.293 e. The highest BCUT2D eigenvalue weighted by Gasteiger charge is 2.16. The fraction of sp³-hybridized carbons (Fsp3) is 0.286. The van der Waals surface area contributed by atoms with Gasteiger partial charge in [0.15, 0.2) is 0 Å². The first-order valence-corrected chi connectivity index (χ1v) is 6.84. The molecule has 3 N–H and O–H groups in total. The van der Waals surface area contributed by atoms with Crippen LogP contribution >= 0.6 is 0 Å². The Morgan fingerprint density at radius 2 is 2.23 bits per heavy atom. The zero-order valence-corrected chi connectivity index (χ0v) is 12.1. The maximum absolute atomic E-state index is 11.5. The van der Waals surface area contributed by atoms with Crippen molar-refractivity contribution in [2.45, 2.75) is 12.8 Å². The van der Waals surface area contributed by atoms with Gasteiger partial charge in [0.25, 0.3) is 11.6 Å². The molecule has 1 amide bonds. The minimum Gasteiger partial charge on any atom is -0.379 e. The summed E-state index contributed by atoms with van der Waals surface area (Å²) in [5.74, 6) is -0.353. The molecule has 2 aromatic rings. The lowest BCUT2D eigenvalue weighted by atomic mass is 10.1. The number of anilines is 1. The summed E-state index contributed by atoms with van der Waals surface area (Å²) in [4.78, 5) is 22.2. The van der Waals surface area contributed by atoms with Gasteiger partial charge < -0.3 is 10.6 Å². The fourth-order valence-corrected chi connectivity index (χ4v) is 2.04. The number of hydrogen-bond acceptors (Lipinski definition) is 5. The molecule has 2 rings (SSSR count). The molecule has 22 heavy (non-hydrogen) atoms. The third-order valence-corrected chi connectivity index (χ3v) is 3.18. The summed E-state index contributed by atoms with van der Waals surface area (Å²) in [6, 6.07) is 6.28. The molecule has 0 radical (unpaired) electrons. The highest BCUT2D eigenvalue weighted by molar-refractivity contribution is 5.95. The lowest BCUT2D eigenvalue weighted by molar-refractivity contribution is -0.384. The summed E-state index contributed by atoms with van der Waals surface area (Å²) in [5, 5.41) is 23.3. The maximum Gasteiger partial charge on any atom is 0.293 e. The van der Waals surface area contributed by atoms with Gasteiger partial charge in [-0.05, 0) is 31.0 Å². The number of benzene rings is 1. The van der Waals surface area contributed by atoms with Crippen LogP contribution in [-0.4, -0.2) is 34.6 Å². The number of aromatic amines is 1. The standard InChI is InChI=1S/C14H17N5O3/c1-15-14(20)10-4-5-12(13(9-10)19(21)22)16-7-2-3-11-6-8-17-18-11/h4-6,8-9,16H,2-3,7H2,1H3,(H,15,20)(H,17,18). The Kier molecular flexibility index (Phi) is 5.07. The van der Waals surface area contributed by atoms with Gasteiger partial charge in [0, 0.05) is 37.1 Å². The molecule has 0 spiro atoms. The zero-order chi connectivity index (χ0) is 15.9. The molecule has 0 saturated heterocycles. The molecule has 0 aliphatic heterocycles. The topological polar surface area (TPSA) is 113 Å². The van der Waals surface area contributed by atoms with Crippen LogP contribution in [0, 0.1) is 10.1 Å². The molecule has 1 aromatic heterocycles. The highest BCUT2D eigenvalue weighted by Crippen LogP contribution is 2.25. The Bertz CT molecular complexity index is 655. The van der Waals surface area contributed by atoms with Gasteiger partial charge in [0.2, 0.25) is 0 Å². The number of rotatable bonds is 7. The van der Waals surface area contributed by atoms with Crippen molar-refractivity contribution in [3.63, 3.8) is 0 Å². The molecule has 1 aromatic carbocycles. The van der Waals surface area contributed by atoms with Crippen molar-refractivity contribution in [3.05, 3.63) is 51.8 Å².